The highest BCUT2D eigenvalue weighted by Crippen LogP contribution is 2.19. The molecule has 0 aliphatic carbocycles. The van der Waals surface area contributed by atoms with E-state index in [-0.39, 0.29) is 29.1 Å². The first-order chi connectivity index (χ1) is 11.1. The maximum absolute atomic E-state index is 12.2. The molecule has 4 nitrogen and oxygen atoms in total. The molecule has 1 aromatic heterocycles. The van der Waals surface area contributed by atoms with E-state index in [0.717, 1.165) is 0 Å². The van der Waals surface area contributed by atoms with Crippen LogP contribution in [-0.2, 0) is 6.42 Å². The molecule has 0 spiro atoms. The van der Waals surface area contributed by atoms with Crippen LogP contribution in [0.5, 0.6) is 0 Å². The Morgan fingerprint density at radius 3 is 2.43 bits per heavy atom. The molecule has 0 bridgehead atoms. The smallest absolute Gasteiger partial charge is 0.339 e. The molecule has 0 saturated heterocycles. The number of rotatable bonds is 4. The number of fused-ring (bicyclic) bond motifs is 1. The van der Waals surface area contributed by atoms with Gasteiger partial charge in [0, 0.05) is 22.9 Å². The molecule has 114 valence electrons. The second kappa shape index (κ2) is 6.01. The van der Waals surface area contributed by atoms with Gasteiger partial charge >= 0.3 is 5.63 Å². The highest BCUT2D eigenvalue weighted by molar-refractivity contribution is 6.05. The first kappa shape index (κ1) is 14.9. The van der Waals surface area contributed by atoms with Crippen LogP contribution in [0.25, 0.3) is 11.0 Å². The molecule has 3 rings (SSSR count). The average Bonchev–Trinajstić information content (AvgIpc) is 2.55. The molecule has 0 amide bonds. The number of ketones is 2. The van der Waals surface area contributed by atoms with Crippen LogP contribution in [-0.4, -0.2) is 11.6 Å². The standard InChI is InChI=1S/C19H14O4/c1-12(20)16-9-5-8-14-10-15(19(22)23-18(14)16)11-17(21)13-6-3-2-4-7-13/h2-10H,11H2,1H3. The lowest BCUT2D eigenvalue weighted by Gasteiger charge is -2.05. The Bertz CT molecular complexity index is 952. The quantitative estimate of drug-likeness (QED) is 0.547. The Kier molecular flexibility index (Phi) is 3.89. The van der Waals surface area contributed by atoms with Crippen LogP contribution in [0.15, 0.2) is 63.8 Å². The molecule has 1 heterocycles. The van der Waals surface area contributed by atoms with Crippen LogP contribution in [0.2, 0.25) is 0 Å². The molecule has 0 fully saturated rings. The average molecular weight is 306 g/mol. The van der Waals surface area contributed by atoms with E-state index in [0.29, 0.717) is 16.5 Å². The van der Waals surface area contributed by atoms with Gasteiger partial charge in [0.2, 0.25) is 0 Å². The Hall–Kier alpha value is -3.01. The van der Waals surface area contributed by atoms with Crippen LogP contribution in [0.3, 0.4) is 0 Å². The van der Waals surface area contributed by atoms with Crippen molar-refractivity contribution in [3.8, 4) is 0 Å². The Morgan fingerprint density at radius 1 is 1.00 bits per heavy atom. The molecular weight excluding hydrogens is 292 g/mol. The second-order valence-electron chi connectivity index (χ2n) is 5.31. The Morgan fingerprint density at radius 2 is 1.74 bits per heavy atom. The highest BCUT2D eigenvalue weighted by atomic mass is 16.4. The predicted molar refractivity (Wildman–Crippen MR) is 87.0 cm³/mol. The zero-order valence-corrected chi connectivity index (χ0v) is 12.5. The third-order valence-electron chi connectivity index (χ3n) is 3.66. The molecule has 0 atom stereocenters. The lowest BCUT2D eigenvalue weighted by molar-refractivity contribution is 0.0988. The summed E-state index contributed by atoms with van der Waals surface area (Å²) in [6, 6.07) is 15.5. The van der Waals surface area contributed by atoms with E-state index in [1.165, 1.54) is 6.92 Å². The van der Waals surface area contributed by atoms with Crippen LogP contribution < -0.4 is 5.63 Å². The summed E-state index contributed by atoms with van der Waals surface area (Å²) in [7, 11) is 0. The van der Waals surface area contributed by atoms with Gasteiger partial charge in [-0.2, -0.15) is 0 Å². The van der Waals surface area contributed by atoms with Crippen molar-refractivity contribution in [1.82, 2.24) is 0 Å². The maximum Gasteiger partial charge on any atom is 0.339 e. The van der Waals surface area contributed by atoms with Crippen molar-refractivity contribution in [3.63, 3.8) is 0 Å². The van der Waals surface area contributed by atoms with Gasteiger partial charge in [-0.1, -0.05) is 42.5 Å². The first-order valence-corrected chi connectivity index (χ1v) is 7.21. The minimum atomic E-state index is -0.588. The fourth-order valence-electron chi connectivity index (χ4n) is 2.49. The summed E-state index contributed by atoms with van der Waals surface area (Å²) in [5.74, 6) is -0.327. The number of hydrogen-bond acceptors (Lipinski definition) is 4. The number of carbonyl (C=O) groups excluding carboxylic acids is 2. The SMILES string of the molecule is CC(=O)c1cccc2cc(CC(=O)c3ccccc3)c(=O)oc12. The fourth-order valence-corrected chi connectivity index (χ4v) is 2.49. The van der Waals surface area contributed by atoms with Crippen molar-refractivity contribution < 1.29 is 14.0 Å². The number of carbonyl (C=O) groups is 2. The summed E-state index contributed by atoms with van der Waals surface area (Å²) in [5.41, 5.74) is 0.869. The van der Waals surface area contributed by atoms with Crippen LogP contribution in [0.4, 0.5) is 0 Å². The van der Waals surface area contributed by atoms with Crippen molar-refractivity contribution in [3.05, 3.63) is 81.7 Å². The molecule has 0 radical (unpaired) electrons. The normalized spacial score (nSPS) is 10.7. The zero-order chi connectivity index (χ0) is 16.4. The van der Waals surface area contributed by atoms with E-state index < -0.39 is 5.63 Å². The molecule has 23 heavy (non-hydrogen) atoms. The van der Waals surface area contributed by atoms with Crippen LogP contribution >= 0.6 is 0 Å². The van der Waals surface area contributed by atoms with E-state index in [9.17, 15) is 14.4 Å². The third kappa shape index (κ3) is 2.97. The minimum absolute atomic E-state index is 0.0351. The lowest BCUT2D eigenvalue weighted by atomic mass is 10.0. The number of hydrogen-bond donors (Lipinski definition) is 0. The van der Waals surface area contributed by atoms with Crippen molar-refractivity contribution in [2.24, 2.45) is 0 Å². The summed E-state index contributed by atoms with van der Waals surface area (Å²) in [5, 5.41) is 0.633. The largest absolute Gasteiger partial charge is 0.422 e. The third-order valence-corrected chi connectivity index (χ3v) is 3.66. The molecular formula is C19H14O4. The predicted octanol–water partition coefficient (Wildman–Crippen LogP) is 3.42. The molecule has 0 unspecified atom stereocenters. The topological polar surface area (TPSA) is 64.3 Å². The van der Waals surface area contributed by atoms with Crippen molar-refractivity contribution >= 4 is 22.5 Å². The first-order valence-electron chi connectivity index (χ1n) is 7.21. The van der Waals surface area contributed by atoms with Gasteiger partial charge in [-0.15, -0.1) is 0 Å². The molecule has 4 heteroatoms. The number of Topliss-reactive ketones (excluding diaryl/α,β-unsaturated/α-hetero) is 2. The number of benzene rings is 2. The van der Waals surface area contributed by atoms with Crippen molar-refractivity contribution in [2.75, 3.05) is 0 Å². The molecule has 3 aromatic rings. The lowest BCUT2D eigenvalue weighted by Crippen LogP contribution is -2.13. The van der Waals surface area contributed by atoms with Gasteiger partial charge in [-0.3, -0.25) is 9.59 Å². The number of para-hydroxylation sites is 1. The molecule has 0 aliphatic heterocycles. The van der Waals surface area contributed by atoms with E-state index in [2.05, 4.69) is 0 Å². The summed E-state index contributed by atoms with van der Waals surface area (Å²) < 4.78 is 5.29. The monoisotopic (exact) mass is 306 g/mol. The fraction of sp³-hybridized carbons (Fsp3) is 0.105. The zero-order valence-electron chi connectivity index (χ0n) is 12.5. The van der Waals surface area contributed by atoms with Crippen molar-refractivity contribution in [1.29, 1.82) is 0 Å². The minimum Gasteiger partial charge on any atom is -0.422 e. The van der Waals surface area contributed by atoms with E-state index in [1.54, 1.807) is 48.5 Å². The summed E-state index contributed by atoms with van der Waals surface area (Å²) in [4.78, 5) is 36.0. The van der Waals surface area contributed by atoms with Crippen LogP contribution in [0.1, 0.15) is 33.2 Å². The summed E-state index contributed by atoms with van der Waals surface area (Å²) in [6.07, 6.45) is -0.0351. The van der Waals surface area contributed by atoms with Gasteiger partial charge in [0.15, 0.2) is 11.6 Å². The van der Waals surface area contributed by atoms with E-state index >= 15 is 0 Å². The van der Waals surface area contributed by atoms with Gasteiger partial charge in [0.1, 0.15) is 5.58 Å². The van der Waals surface area contributed by atoms with E-state index in [1.807, 2.05) is 6.07 Å². The molecule has 0 saturated carbocycles. The maximum atomic E-state index is 12.2. The van der Waals surface area contributed by atoms with E-state index in [4.69, 9.17) is 4.42 Å². The Balaban J connectivity index is 2.03. The molecule has 0 N–H and O–H groups in total. The van der Waals surface area contributed by atoms with Gasteiger partial charge in [0.25, 0.3) is 0 Å². The van der Waals surface area contributed by atoms with Gasteiger partial charge < -0.3 is 4.42 Å². The van der Waals surface area contributed by atoms with Crippen molar-refractivity contribution in [2.45, 2.75) is 13.3 Å². The Labute approximate surface area is 132 Å². The van der Waals surface area contributed by atoms with Crippen LogP contribution in [0, 0.1) is 0 Å². The molecule has 2 aromatic carbocycles. The van der Waals surface area contributed by atoms with Gasteiger partial charge in [0.05, 0.1) is 5.56 Å². The summed E-state index contributed by atoms with van der Waals surface area (Å²) in [6.45, 7) is 1.42. The molecule has 0 aliphatic rings. The highest BCUT2D eigenvalue weighted by Gasteiger charge is 2.14. The van der Waals surface area contributed by atoms with Gasteiger partial charge in [-0.25, -0.2) is 4.79 Å². The summed E-state index contributed by atoms with van der Waals surface area (Å²) >= 11 is 0. The van der Waals surface area contributed by atoms with Gasteiger partial charge in [-0.05, 0) is 19.1 Å². The second-order valence-corrected chi connectivity index (χ2v) is 5.31.